The minimum atomic E-state index is -0.541. The number of rotatable bonds is 1. The Labute approximate surface area is 105 Å². The quantitative estimate of drug-likeness (QED) is 0.331. The summed E-state index contributed by atoms with van der Waals surface area (Å²) in [5.41, 5.74) is 0. The van der Waals surface area contributed by atoms with Crippen molar-refractivity contribution in [3.63, 3.8) is 0 Å². The zero-order valence-corrected chi connectivity index (χ0v) is 11.5. The summed E-state index contributed by atoms with van der Waals surface area (Å²) in [5, 5.41) is 1.96. The standard InChI is InChI=1S/C4H5IN2O2.C3H9N.C2H4/c1-2-3(8)6-4(9)7-5;1-4(2)3;1-2/h2H,1H2,(H2,6,7,8,9);1-3H3;1-2H2. The molecular formula is C9H18IN3O2. The van der Waals surface area contributed by atoms with E-state index in [9.17, 15) is 9.59 Å². The summed E-state index contributed by atoms with van der Waals surface area (Å²) in [7, 11) is 6.00. The Morgan fingerprint density at radius 1 is 1.27 bits per heavy atom. The second kappa shape index (κ2) is 15.6. The van der Waals surface area contributed by atoms with Crippen LogP contribution in [0.25, 0.3) is 0 Å². The monoisotopic (exact) mass is 327 g/mol. The van der Waals surface area contributed by atoms with E-state index in [1.807, 2.05) is 31.4 Å². The predicted molar refractivity (Wildman–Crippen MR) is 71.8 cm³/mol. The fourth-order valence-corrected chi connectivity index (χ4v) is 0.321. The van der Waals surface area contributed by atoms with E-state index < -0.39 is 11.9 Å². The number of nitrogens with one attached hydrogen (secondary N) is 2. The molecule has 0 heterocycles. The molecule has 88 valence electrons. The van der Waals surface area contributed by atoms with Gasteiger partial charge in [0.15, 0.2) is 0 Å². The molecule has 0 saturated carbocycles. The number of imide groups is 1. The van der Waals surface area contributed by atoms with Crippen LogP contribution in [0.3, 0.4) is 0 Å². The van der Waals surface area contributed by atoms with Gasteiger partial charge in [-0.1, -0.05) is 6.58 Å². The number of amides is 3. The summed E-state index contributed by atoms with van der Waals surface area (Å²) in [6, 6.07) is -0.541. The normalized spacial score (nSPS) is 7.27. The van der Waals surface area contributed by atoms with Crippen LogP contribution < -0.4 is 8.85 Å². The average molecular weight is 327 g/mol. The fourth-order valence-electron chi connectivity index (χ4n) is 0.187. The molecular weight excluding hydrogens is 309 g/mol. The van der Waals surface area contributed by atoms with Gasteiger partial charge in [0.05, 0.1) is 22.9 Å². The number of halogens is 1. The lowest BCUT2D eigenvalue weighted by molar-refractivity contribution is -0.115. The number of hydrogen-bond donors (Lipinski definition) is 2. The van der Waals surface area contributed by atoms with Crippen molar-refractivity contribution in [1.29, 1.82) is 0 Å². The maximum absolute atomic E-state index is 10.3. The minimum Gasteiger partial charge on any atom is -0.312 e. The van der Waals surface area contributed by atoms with Crippen molar-refractivity contribution in [1.82, 2.24) is 13.7 Å². The summed E-state index contributed by atoms with van der Waals surface area (Å²) >= 11 is 1.61. The Hall–Kier alpha value is -0.890. The maximum atomic E-state index is 10.3. The van der Waals surface area contributed by atoms with Crippen LogP contribution in [0.2, 0.25) is 0 Å². The Morgan fingerprint density at radius 2 is 1.60 bits per heavy atom. The molecule has 0 fully saturated rings. The highest BCUT2D eigenvalue weighted by molar-refractivity contribution is 14.1. The minimum absolute atomic E-state index is 0.510. The van der Waals surface area contributed by atoms with Crippen LogP contribution in [0.15, 0.2) is 25.8 Å². The van der Waals surface area contributed by atoms with E-state index in [4.69, 9.17) is 0 Å². The highest BCUT2D eigenvalue weighted by atomic mass is 127. The highest BCUT2D eigenvalue weighted by Crippen LogP contribution is 1.72. The summed E-state index contributed by atoms with van der Waals surface area (Å²) in [4.78, 5) is 22.6. The fraction of sp³-hybridized carbons (Fsp3) is 0.333. The van der Waals surface area contributed by atoms with Gasteiger partial charge in [-0.15, -0.1) is 13.2 Å². The zero-order chi connectivity index (χ0) is 12.9. The number of nitrogens with zero attached hydrogens (tertiary/aromatic N) is 1. The third-order valence-corrected chi connectivity index (χ3v) is 0.998. The lowest BCUT2D eigenvalue weighted by Gasteiger charge is -1.94. The van der Waals surface area contributed by atoms with Gasteiger partial charge < -0.3 is 4.90 Å². The highest BCUT2D eigenvalue weighted by Gasteiger charge is 1.98. The first kappa shape index (κ1) is 19.6. The molecule has 0 aliphatic carbocycles. The van der Waals surface area contributed by atoms with Crippen LogP contribution in [0, 0.1) is 0 Å². The third kappa shape index (κ3) is 32.0. The molecule has 0 atom stereocenters. The average Bonchev–Trinajstić information content (AvgIpc) is 2.19. The van der Waals surface area contributed by atoms with E-state index in [2.05, 4.69) is 23.3 Å². The predicted octanol–water partition coefficient (Wildman–Crippen LogP) is 1.33. The van der Waals surface area contributed by atoms with E-state index in [1.165, 1.54) is 0 Å². The lowest BCUT2D eigenvalue weighted by atomic mass is 10.6. The van der Waals surface area contributed by atoms with Crippen molar-refractivity contribution in [2.75, 3.05) is 21.1 Å². The van der Waals surface area contributed by atoms with Gasteiger partial charge in [0.25, 0.3) is 5.91 Å². The van der Waals surface area contributed by atoms with E-state index >= 15 is 0 Å². The third-order valence-electron chi connectivity index (χ3n) is 0.508. The summed E-state index contributed by atoms with van der Waals surface area (Å²) < 4.78 is 2.18. The van der Waals surface area contributed by atoms with Gasteiger partial charge in [-0.3, -0.25) is 13.6 Å². The molecule has 0 saturated heterocycles. The summed E-state index contributed by atoms with van der Waals surface area (Å²) in [6.45, 7) is 9.15. The van der Waals surface area contributed by atoms with E-state index in [0.717, 1.165) is 6.08 Å². The van der Waals surface area contributed by atoms with Crippen molar-refractivity contribution in [3.05, 3.63) is 25.8 Å². The van der Waals surface area contributed by atoms with Gasteiger partial charge in [0.1, 0.15) is 0 Å². The molecule has 0 unspecified atom stereocenters. The van der Waals surface area contributed by atoms with Crippen molar-refractivity contribution >= 4 is 34.8 Å². The molecule has 0 aromatic heterocycles. The number of hydrogen-bond acceptors (Lipinski definition) is 3. The lowest BCUT2D eigenvalue weighted by Crippen LogP contribution is -2.33. The molecule has 0 aliphatic heterocycles. The van der Waals surface area contributed by atoms with Gasteiger partial charge >= 0.3 is 6.03 Å². The zero-order valence-electron chi connectivity index (χ0n) is 9.34. The maximum Gasteiger partial charge on any atom is 0.330 e. The van der Waals surface area contributed by atoms with Crippen LogP contribution in [-0.2, 0) is 4.79 Å². The Bertz CT molecular complexity index is 193. The second-order valence-electron chi connectivity index (χ2n) is 2.46. The van der Waals surface area contributed by atoms with Crippen molar-refractivity contribution in [2.24, 2.45) is 0 Å². The van der Waals surface area contributed by atoms with Crippen LogP contribution in [0.4, 0.5) is 4.79 Å². The number of carbonyl (C=O) groups excluding carboxylic acids is 2. The Kier molecular flexibility index (Phi) is 20.4. The Balaban J connectivity index is -0.000000202. The van der Waals surface area contributed by atoms with Gasteiger partial charge in [0.2, 0.25) is 0 Å². The van der Waals surface area contributed by atoms with Crippen molar-refractivity contribution in [2.45, 2.75) is 0 Å². The molecule has 0 spiro atoms. The van der Waals surface area contributed by atoms with E-state index in [-0.39, 0.29) is 0 Å². The molecule has 6 heteroatoms. The van der Waals surface area contributed by atoms with Gasteiger partial charge in [-0.05, 0) is 27.2 Å². The van der Waals surface area contributed by atoms with Crippen LogP contribution in [-0.4, -0.2) is 38.0 Å². The van der Waals surface area contributed by atoms with Crippen molar-refractivity contribution in [3.8, 4) is 0 Å². The molecule has 5 nitrogen and oxygen atoms in total. The Morgan fingerprint density at radius 3 is 1.80 bits per heavy atom. The first-order chi connectivity index (χ1) is 6.93. The molecule has 0 bridgehead atoms. The van der Waals surface area contributed by atoms with Gasteiger partial charge in [0, 0.05) is 0 Å². The smallest absolute Gasteiger partial charge is 0.312 e. The topological polar surface area (TPSA) is 61.4 Å². The van der Waals surface area contributed by atoms with E-state index in [0.29, 0.717) is 0 Å². The first-order valence-corrected chi connectivity index (χ1v) is 4.96. The number of carbonyl (C=O) groups is 2. The molecule has 0 radical (unpaired) electrons. The summed E-state index contributed by atoms with van der Waals surface area (Å²) in [6.07, 6.45) is 1.02. The van der Waals surface area contributed by atoms with Crippen molar-refractivity contribution < 1.29 is 9.59 Å². The van der Waals surface area contributed by atoms with Gasteiger partial charge in [-0.25, -0.2) is 4.79 Å². The first-order valence-electron chi connectivity index (χ1n) is 3.89. The summed E-state index contributed by atoms with van der Waals surface area (Å²) in [5.74, 6) is -0.510. The second-order valence-corrected chi connectivity index (χ2v) is 3.00. The van der Waals surface area contributed by atoms with E-state index in [1.54, 1.807) is 22.9 Å². The molecule has 3 amide bonds. The molecule has 0 rings (SSSR count). The van der Waals surface area contributed by atoms with Crippen LogP contribution >= 0.6 is 22.9 Å². The largest absolute Gasteiger partial charge is 0.330 e. The van der Waals surface area contributed by atoms with Crippen LogP contribution in [0.5, 0.6) is 0 Å². The molecule has 0 aromatic rings. The van der Waals surface area contributed by atoms with Crippen LogP contribution in [0.1, 0.15) is 0 Å². The SMILES string of the molecule is C=C.C=CC(=O)NC(=O)NI.CN(C)C. The molecule has 0 aromatic carbocycles. The molecule has 2 N–H and O–H groups in total. The molecule has 0 aliphatic rings. The molecule has 15 heavy (non-hydrogen) atoms. The van der Waals surface area contributed by atoms with Gasteiger partial charge in [-0.2, -0.15) is 0 Å². The number of urea groups is 1.